The molecule has 1 aromatic rings. The van der Waals surface area contributed by atoms with Crippen LogP contribution in [0.2, 0.25) is 0 Å². The second kappa shape index (κ2) is 12.7. The first-order chi connectivity index (χ1) is 18.2. The highest BCUT2D eigenvalue weighted by Crippen LogP contribution is 2.40. The molecule has 206 valence electrons. The number of hydrogen-bond donors (Lipinski definition) is 5. The Balaban J connectivity index is 1.77. The zero-order valence-corrected chi connectivity index (χ0v) is 22.3. The number of rotatable bonds is 13. The molecule has 1 aliphatic carbocycles. The molecule has 10 nitrogen and oxygen atoms in total. The molecule has 0 fully saturated rings. The predicted octanol–water partition coefficient (Wildman–Crippen LogP) is 2.76. The standard InChI is InChI=1S/C28H37N3O7/c1-5-19(31-26(33)18-10-11-21(22(15-18)36-4)37-14-8-13-32)16-38-28(6-2)12-7-9-20-24(28)25(29)23(27(34)35)17(3)30-20/h7,9-12,15,19,30,32H,5-6,8,13-14,16,29H2,1-4H3,(H,31,33)(H,34,35). The van der Waals surface area contributed by atoms with Crippen LogP contribution in [0, 0.1) is 0 Å². The summed E-state index contributed by atoms with van der Waals surface area (Å²) >= 11 is 0. The molecule has 1 aromatic carbocycles. The highest BCUT2D eigenvalue weighted by atomic mass is 16.5. The molecule has 2 atom stereocenters. The van der Waals surface area contributed by atoms with Crippen molar-refractivity contribution in [3.05, 3.63) is 70.2 Å². The van der Waals surface area contributed by atoms with Crippen LogP contribution in [0.1, 0.15) is 50.4 Å². The van der Waals surface area contributed by atoms with Crippen LogP contribution in [0.15, 0.2) is 64.7 Å². The lowest BCUT2D eigenvalue weighted by Gasteiger charge is -2.40. The average molecular weight is 528 g/mol. The summed E-state index contributed by atoms with van der Waals surface area (Å²) in [7, 11) is 1.50. The van der Waals surface area contributed by atoms with Crippen molar-refractivity contribution in [1.82, 2.24) is 10.6 Å². The van der Waals surface area contributed by atoms with Gasteiger partial charge in [0.1, 0.15) is 11.2 Å². The number of aliphatic hydroxyl groups excluding tert-OH is 1. The van der Waals surface area contributed by atoms with Crippen LogP contribution in [0.4, 0.5) is 0 Å². The molecule has 0 saturated heterocycles. The third-order valence-electron chi connectivity index (χ3n) is 6.65. The van der Waals surface area contributed by atoms with E-state index in [-0.39, 0.29) is 36.4 Å². The van der Waals surface area contributed by atoms with Crippen molar-refractivity contribution in [2.75, 3.05) is 26.9 Å². The Hall–Kier alpha value is -3.76. The van der Waals surface area contributed by atoms with Gasteiger partial charge in [-0.05, 0) is 50.1 Å². The maximum absolute atomic E-state index is 13.1. The van der Waals surface area contributed by atoms with Crippen molar-refractivity contribution in [3.63, 3.8) is 0 Å². The van der Waals surface area contributed by atoms with Crippen molar-refractivity contribution < 1.29 is 34.0 Å². The number of fused-ring (bicyclic) bond motifs is 1. The molecule has 10 heteroatoms. The number of nitrogens with two attached hydrogens (primary N) is 1. The molecule has 0 aromatic heterocycles. The molecule has 0 bridgehead atoms. The molecule has 1 amide bonds. The number of dihydropyridines is 1. The first-order valence-electron chi connectivity index (χ1n) is 12.7. The van der Waals surface area contributed by atoms with E-state index >= 15 is 0 Å². The maximum atomic E-state index is 13.1. The normalized spacial score (nSPS) is 19.3. The van der Waals surface area contributed by atoms with E-state index < -0.39 is 11.6 Å². The van der Waals surface area contributed by atoms with Crippen molar-refractivity contribution in [1.29, 1.82) is 0 Å². The first-order valence-corrected chi connectivity index (χ1v) is 12.7. The molecule has 0 saturated carbocycles. The smallest absolute Gasteiger partial charge is 0.339 e. The molecule has 1 heterocycles. The van der Waals surface area contributed by atoms with Gasteiger partial charge in [-0.25, -0.2) is 4.79 Å². The first kappa shape index (κ1) is 28.8. The highest BCUT2D eigenvalue weighted by molar-refractivity contribution is 5.95. The van der Waals surface area contributed by atoms with Crippen LogP contribution < -0.4 is 25.8 Å². The van der Waals surface area contributed by atoms with Gasteiger partial charge in [0.05, 0.1) is 32.1 Å². The van der Waals surface area contributed by atoms with Gasteiger partial charge in [-0.3, -0.25) is 4.79 Å². The van der Waals surface area contributed by atoms with Gasteiger partial charge in [0.2, 0.25) is 0 Å². The Labute approximate surface area is 222 Å². The Kier molecular flexibility index (Phi) is 9.60. The number of carbonyl (C=O) groups excluding carboxylic acids is 1. The number of hydrogen-bond acceptors (Lipinski definition) is 8. The molecule has 38 heavy (non-hydrogen) atoms. The Morgan fingerprint density at radius 1 is 1.24 bits per heavy atom. The number of carbonyl (C=O) groups is 2. The summed E-state index contributed by atoms with van der Waals surface area (Å²) < 4.78 is 17.4. The van der Waals surface area contributed by atoms with Crippen LogP contribution in [-0.2, 0) is 9.53 Å². The van der Waals surface area contributed by atoms with E-state index in [9.17, 15) is 14.7 Å². The van der Waals surface area contributed by atoms with Gasteiger partial charge in [0, 0.05) is 35.6 Å². The lowest BCUT2D eigenvalue weighted by Crippen LogP contribution is -2.46. The average Bonchev–Trinajstić information content (AvgIpc) is 2.90. The fourth-order valence-corrected chi connectivity index (χ4v) is 4.51. The number of benzene rings is 1. The van der Waals surface area contributed by atoms with E-state index in [0.717, 1.165) is 0 Å². The molecule has 6 N–H and O–H groups in total. The van der Waals surface area contributed by atoms with E-state index in [1.807, 2.05) is 32.1 Å². The Morgan fingerprint density at radius 3 is 2.63 bits per heavy atom. The van der Waals surface area contributed by atoms with Gasteiger partial charge in [0.25, 0.3) is 5.91 Å². The van der Waals surface area contributed by atoms with Gasteiger partial charge in [-0.2, -0.15) is 0 Å². The second-order valence-corrected chi connectivity index (χ2v) is 9.08. The van der Waals surface area contributed by atoms with E-state index in [1.165, 1.54) is 7.11 Å². The topological polar surface area (TPSA) is 152 Å². The zero-order chi connectivity index (χ0) is 27.9. The lowest BCUT2D eigenvalue weighted by molar-refractivity contribution is -0.132. The van der Waals surface area contributed by atoms with Crippen LogP contribution in [0.25, 0.3) is 0 Å². The fourth-order valence-electron chi connectivity index (χ4n) is 4.51. The monoisotopic (exact) mass is 527 g/mol. The third-order valence-corrected chi connectivity index (χ3v) is 6.65. The summed E-state index contributed by atoms with van der Waals surface area (Å²) in [6.45, 7) is 6.08. The molecule has 0 spiro atoms. The fraction of sp³-hybridized carbons (Fsp3) is 0.429. The molecule has 3 rings (SSSR count). The number of methoxy groups -OCH3 is 1. The third kappa shape index (κ3) is 6.03. The summed E-state index contributed by atoms with van der Waals surface area (Å²) in [6.07, 6.45) is 7.16. The number of carboxylic acids is 1. The molecule has 1 aliphatic heterocycles. The predicted molar refractivity (Wildman–Crippen MR) is 143 cm³/mol. The number of aliphatic hydroxyl groups is 1. The van der Waals surface area contributed by atoms with Crippen LogP contribution in [0.3, 0.4) is 0 Å². The number of amides is 1. The molecule has 2 aliphatic rings. The second-order valence-electron chi connectivity index (χ2n) is 9.08. The van der Waals surface area contributed by atoms with E-state index in [2.05, 4.69) is 10.6 Å². The molecular weight excluding hydrogens is 490 g/mol. The summed E-state index contributed by atoms with van der Waals surface area (Å²) in [6, 6.07) is 4.59. The lowest BCUT2D eigenvalue weighted by atomic mass is 9.80. The van der Waals surface area contributed by atoms with E-state index in [1.54, 1.807) is 25.1 Å². The number of carboxylic acid groups (broad SMARTS) is 1. The Bertz CT molecular complexity index is 1180. The maximum Gasteiger partial charge on any atom is 0.339 e. The number of aliphatic carboxylic acids is 1. The van der Waals surface area contributed by atoms with Crippen LogP contribution in [0.5, 0.6) is 11.5 Å². The quantitative estimate of drug-likeness (QED) is 0.244. The SMILES string of the molecule is CCC(COC1(CC)C=CC=C2NC(C)=C(C(=O)O)C(N)=C21)NC(=O)c1ccc(OCCCO)c(OC)c1. The molecular formula is C28H37N3O7. The van der Waals surface area contributed by atoms with Crippen molar-refractivity contribution in [2.45, 2.75) is 51.7 Å². The summed E-state index contributed by atoms with van der Waals surface area (Å²) in [5, 5.41) is 24.8. The minimum atomic E-state index is -1.11. The van der Waals surface area contributed by atoms with Crippen molar-refractivity contribution in [3.8, 4) is 11.5 Å². The van der Waals surface area contributed by atoms with Crippen LogP contribution >= 0.6 is 0 Å². The minimum absolute atomic E-state index is 0.0203. The van der Waals surface area contributed by atoms with Gasteiger partial charge in [-0.15, -0.1) is 0 Å². The summed E-state index contributed by atoms with van der Waals surface area (Å²) in [4.78, 5) is 24.9. The number of ether oxygens (including phenoxy) is 3. The zero-order valence-electron chi connectivity index (χ0n) is 22.3. The van der Waals surface area contributed by atoms with Gasteiger partial charge in [-0.1, -0.05) is 19.9 Å². The van der Waals surface area contributed by atoms with E-state index in [4.69, 9.17) is 25.1 Å². The van der Waals surface area contributed by atoms with Gasteiger partial charge >= 0.3 is 5.97 Å². The number of nitrogens with one attached hydrogen (secondary N) is 2. The Morgan fingerprint density at radius 2 is 2.00 bits per heavy atom. The minimum Gasteiger partial charge on any atom is -0.493 e. The van der Waals surface area contributed by atoms with Crippen molar-refractivity contribution in [2.24, 2.45) is 5.73 Å². The van der Waals surface area contributed by atoms with E-state index in [0.29, 0.717) is 59.9 Å². The van der Waals surface area contributed by atoms with Gasteiger partial charge < -0.3 is 40.8 Å². The summed E-state index contributed by atoms with van der Waals surface area (Å²) in [5.41, 5.74) is 7.75. The van der Waals surface area contributed by atoms with Gasteiger partial charge in [0.15, 0.2) is 11.5 Å². The highest BCUT2D eigenvalue weighted by Gasteiger charge is 2.41. The number of allylic oxidation sites excluding steroid dienone is 3. The molecule has 2 unspecified atom stereocenters. The largest absolute Gasteiger partial charge is 0.493 e. The summed E-state index contributed by atoms with van der Waals surface area (Å²) in [5.74, 6) is -0.503. The molecule has 0 radical (unpaired) electrons. The van der Waals surface area contributed by atoms with Crippen LogP contribution in [-0.4, -0.2) is 60.7 Å². The van der Waals surface area contributed by atoms with Crippen molar-refractivity contribution >= 4 is 11.9 Å².